The Bertz CT molecular complexity index is 752. The second kappa shape index (κ2) is 9.43. The number of aliphatic hydroxyl groups excluding tert-OH is 1. The van der Waals surface area contributed by atoms with E-state index in [9.17, 15) is 9.50 Å². The van der Waals surface area contributed by atoms with E-state index in [1.807, 2.05) is 12.1 Å². The molecule has 0 saturated carbocycles. The Morgan fingerprint density at radius 3 is 2.00 bits per heavy atom. The van der Waals surface area contributed by atoms with Crippen LogP contribution >= 0.6 is 0 Å². The summed E-state index contributed by atoms with van der Waals surface area (Å²) in [4.78, 5) is 7.17. The Labute approximate surface area is 163 Å². The zero-order chi connectivity index (χ0) is 20.1. The summed E-state index contributed by atoms with van der Waals surface area (Å²) in [5, 5.41) is 10.2. The first-order valence-corrected chi connectivity index (χ1v) is 9.83. The molecule has 148 valence electrons. The van der Waals surface area contributed by atoms with Crippen molar-refractivity contribution in [2.45, 2.75) is 59.0 Å². The second-order valence-corrected chi connectivity index (χ2v) is 8.10. The Balaban J connectivity index is 2.73. The van der Waals surface area contributed by atoms with Gasteiger partial charge in [-0.15, -0.1) is 0 Å². The molecule has 1 aromatic carbocycles. The Morgan fingerprint density at radius 2 is 1.52 bits per heavy atom. The van der Waals surface area contributed by atoms with Gasteiger partial charge in [-0.3, -0.25) is 4.98 Å². The lowest BCUT2D eigenvalue weighted by Gasteiger charge is -2.24. The van der Waals surface area contributed by atoms with Crippen LogP contribution in [-0.4, -0.2) is 35.6 Å². The van der Waals surface area contributed by atoms with Crippen molar-refractivity contribution in [2.75, 3.05) is 20.6 Å². The van der Waals surface area contributed by atoms with Crippen molar-refractivity contribution in [3.05, 3.63) is 52.6 Å². The van der Waals surface area contributed by atoms with Crippen molar-refractivity contribution in [1.29, 1.82) is 0 Å². The zero-order valence-electron chi connectivity index (χ0n) is 17.5. The fourth-order valence-electron chi connectivity index (χ4n) is 3.61. The number of benzene rings is 1. The van der Waals surface area contributed by atoms with Crippen LogP contribution in [0.3, 0.4) is 0 Å². The molecule has 0 fully saturated rings. The topological polar surface area (TPSA) is 36.4 Å². The number of rotatable bonds is 8. The molecule has 2 aromatic rings. The normalized spacial score (nSPS) is 11.8. The molecule has 4 heteroatoms. The van der Waals surface area contributed by atoms with Gasteiger partial charge in [0.15, 0.2) is 0 Å². The summed E-state index contributed by atoms with van der Waals surface area (Å²) in [6, 6.07) is 6.61. The summed E-state index contributed by atoms with van der Waals surface area (Å²) in [5.41, 5.74) is 6.09. The third-order valence-corrected chi connectivity index (χ3v) is 4.88. The first-order chi connectivity index (χ1) is 12.8. The molecule has 1 heterocycles. The predicted octanol–water partition coefficient (Wildman–Crippen LogP) is 5.12. The highest BCUT2D eigenvalue weighted by Gasteiger charge is 2.23. The lowest BCUT2D eigenvalue weighted by atomic mass is 9.85. The molecule has 0 bridgehead atoms. The van der Waals surface area contributed by atoms with Crippen LogP contribution in [0.15, 0.2) is 24.3 Å². The minimum Gasteiger partial charge on any atom is -0.392 e. The van der Waals surface area contributed by atoms with Crippen LogP contribution in [-0.2, 0) is 13.0 Å². The minimum absolute atomic E-state index is 0.0632. The van der Waals surface area contributed by atoms with Crippen LogP contribution in [0.1, 0.15) is 68.5 Å². The summed E-state index contributed by atoms with van der Waals surface area (Å²) in [7, 11) is 4.15. The van der Waals surface area contributed by atoms with Crippen molar-refractivity contribution >= 4 is 0 Å². The van der Waals surface area contributed by atoms with E-state index in [1.165, 1.54) is 17.7 Å². The highest BCUT2D eigenvalue weighted by Crippen LogP contribution is 2.37. The van der Waals surface area contributed by atoms with Crippen LogP contribution in [0.5, 0.6) is 0 Å². The molecule has 0 spiro atoms. The maximum atomic E-state index is 13.5. The summed E-state index contributed by atoms with van der Waals surface area (Å²) in [5.74, 6) is 0.240. The Hall–Kier alpha value is -1.78. The van der Waals surface area contributed by atoms with Crippen LogP contribution in [0.25, 0.3) is 11.1 Å². The molecule has 0 aliphatic rings. The number of hydrogen-bond donors (Lipinski definition) is 1. The summed E-state index contributed by atoms with van der Waals surface area (Å²) >= 11 is 0. The molecule has 3 nitrogen and oxygen atoms in total. The molecule has 0 radical (unpaired) electrons. The van der Waals surface area contributed by atoms with Gasteiger partial charge in [0.1, 0.15) is 5.82 Å². The monoisotopic (exact) mass is 372 g/mol. The van der Waals surface area contributed by atoms with Gasteiger partial charge in [0.2, 0.25) is 0 Å². The zero-order valence-corrected chi connectivity index (χ0v) is 17.5. The number of nitrogens with zero attached hydrogens (tertiary/aromatic N) is 2. The van der Waals surface area contributed by atoms with Crippen molar-refractivity contribution in [2.24, 2.45) is 0 Å². The molecule has 1 N–H and O–H groups in total. The molecule has 0 atom stereocenters. The van der Waals surface area contributed by atoms with Crippen molar-refractivity contribution in [3.8, 4) is 11.1 Å². The van der Waals surface area contributed by atoms with Gasteiger partial charge < -0.3 is 10.0 Å². The summed E-state index contributed by atoms with van der Waals surface area (Å²) in [6.07, 6.45) is 1.89. The average molecular weight is 373 g/mol. The van der Waals surface area contributed by atoms with E-state index in [1.54, 1.807) is 0 Å². The molecule has 1 aromatic heterocycles. The van der Waals surface area contributed by atoms with Gasteiger partial charge in [-0.05, 0) is 74.1 Å². The molecule has 27 heavy (non-hydrogen) atoms. The fraction of sp³-hybridized carbons (Fsp3) is 0.522. The summed E-state index contributed by atoms with van der Waals surface area (Å²) < 4.78 is 13.5. The predicted molar refractivity (Wildman–Crippen MR) is 111 cm³/mol. The minimum atomic E-state index is -0.249. The number of aromatic nitrogens is 1. The smallest absolute Gasteiger partial charge is 0.123 e. The maximum absolute atomic E-state index is 13.5. The molecule has 0 saturated heterocycles. The van der Waals surface area contributed by atoms with Gasteiger partial charge in [0.05, 0.1) is 6.61 Å². The maximum Gasteiger partial charge on any atom is 0.123 e. The summed E-state index contributed by atoms with van der Waals surface area (Å²) in [6.45, 7) is 9.45. The largest absolute Gasteiger partial charge is 0.392 e. The molecular formula is C23H33FN2O. The van der Waals surface area contributed by atoms with Crippen LogP contribution < -0.4 is 0 Å². The van der Waals surface area contributed by atoms with E-state index in [-0.39, 0.29) is 24.3 Å². The molecule has 0 amide bonds. The van der Waals surface area contributed by atoms with Gasteiger partial charge in [-0.1, -0.05) is 39.8 Å². The number of halogens is 1. The molecule has 0 aliphatic heterocycles. The molecule has 0 aliphatic carbocycles. The van der Waals surface area contributed by atoms with E-state index in [4.69, 9.17) is 4.98 Å². The standard InChI is InChI=1S/C23H33FN2O/c1-15(2)22-19(8-7-13-26(5)6)21(17-9-11-18(24)12-10-17)20(14-27)23(25-22)16(3)4/h9-12,15-16,27H,7-8,13-14H2,1-6H3. The highest BCUT2D eigenvalue weighted by atomic mass is 19.1. The van der Waals surface area contributed by atoms with E-state index in [0.29, 0.717) is 0 Å². The second-order valence-electron chi connectivity index (χ2n) is 8.10. The third kappa shape index (κ3) is 5.14. The van der Waals surface area contributed by atoms with Crippen LogP contribution in [0.2, 0.25) is 0 Å². The van der Waals surface area contributed by atoms with E-state index in [0.717, 1.165) is 47.5 Å². The average Bonchev–Trinajstić information content (AvgIpc) is 2.60. The quantitative estimate of drug-likeness (QED) is 0.698. The Kier molecular flexibility index (Phi) is 7.51. The van der Waals surface area contributed by atoms with Crippen LogP contribution in [0.4, 0.5) is 4.39 Å². The van der Waals surface area contributed by atoms with Gasteiger partial charge in [-0.2, -0.15) is 0 Å². The van der Waals surface area contributed by atoms with Crippen LogP contribution in [0, 0.1) is 5.82 Å². The third-order valence-electron chi connectivity index (χ3n) is 4.88. The van der Waals surface area contributed by atoms with Gasteiger partial charge in [-0.25, -0.2) is 4.39 Å². The first kappa shape index (κ1) is 21.5. The highest BCUT2D eigenvalue weighted by molar-refractivity contribution is 5.73. The lowest BCUT2D eigenvalue weighted by molar-refractivity contribution is 0.279. The van der Waals surface area contributed by atoms with Gasteiger partial charge in [0, 0.05) is 17.0 Å². The first-order valence-electron chi connectivity index (χ1n) is 9.83. The van der Waals surface area contributed by atoms with E-state index in [2.05, 4.69) is 46.7 Å². The fourth-order valence-corrected chi connectivity index (χ4v) is 3.61. The molecule has 0 unspecified atom stereocenters. The van der Waals surface area contributed by atoms with Gasteiger partial charge in [0.25, 0.3) is 0 Å². The number of hydrogen-bond acceptors (Lipinski definition) is 3. The molecular weight excluding hydrogens is 339 g/mol. The van der Waals surface area contributed by atoms with Crippen molar-refractivity contribution < 1.29 is 9.50 Å². The molecule has 2 rings (SSSR count). The lowest BCUT2D eigenvalue weighted by Crippen LogP contribution is -2.16. The van der Waals surface area contributed by atoms with Crippen molar-refractivity contribution in [3.63, 3.8) is 0 Å². The Morgan fingerprint density at radius 1 is 0.963 bits per heavy atom. The van der Waals surface area contributed by atoms with Gasteiger partial charge >= 0.3 is 0 Å². The van der Waals surface area contributed by atoms with E-state index >= 15 is 0 Å². The number of pyridine rings is 1. The number of aliphatic hydroxyl groups is 1. The van der Waals surface area contributed by atoms with E-state index < -0.39 is 0 Å². The van der Waals surface area contributed by atoms with Crippen molar-refractivity contribution in [1.82, 2.24) is 9.88 Å². The SMILES string of the molecule is CC(C)c1nc(C(C)C)c(CCCN(C)C)c(-c2ccc(F)cc2)c1CO.